The molecular formula is C17H22N4O2. The molecule has 1 atom stereocenters. The van der Waals surface area contributed by atoms with Crippen LogP contribution >= 0.6 is 0 Å². The predicted molar refractivity (Wildman–Crippen MR) is 88.5 cm³/mol. The van der Waals surface area contributed by atoms with Gasteiger partial charge in [-0.3, -0.25) is 9.69 Å². The van der Waals surface area contributed by atoms with Crippen LogP contribution in [0.15, 0.2) is 36.5 Å². The average Bonchev–Trinajstić information content (AvgIpc) is 2.87. The number of imidazole rings is 1. The quantitative estimate of drug-likeness (QED) is 0.930. The molecule has 23 heavy (non-hydrogen) atoms. The van der Waals surface area contributed by atoms with Gasteiger partial charge in [0.25, 0.3) is 0 Å². The Balaban J connectivity index is 1.72. The zero-order valence-corrected chi connectivity index (χ0v) is 13.5. The Morgan fingerprint density at radius 1 is 1.17 bits per heavy atom. The molecule has 1 aliphatic rings. The first-order valence-electron chi connectivity index (χ1n) is 7.83. The van der Waals surface area contributed by atoms with Crippen molar-refractivity contribution in [1.82, 2.24) is 14.5 Å². The lowest BCUT2D eigenvalue weighted by molar-refractivity contribution is -0.143. The third kappa shape index (κ3) is 3.22. The lowest BCUT2D eigenvalue weighted by atomic mass is 10.1. The van der Waals surface area contributed by atoms with Crippen molar-refractivity contribution < 1.29 is 9.90 Å². The molecule has 122 valence electrons. The van der Waals surface area contributed by atoms with Gasteiger partial charge in [0.05, 0.1) is 5.69 Å². The average molecular weight is 314 g/mol. The number of aromatic nitrogens is 2. The molecule has 1 saturated heterocycles. The minimum atomic E-state index is -0.837. The number of piperazine rings is 1. The number of benzene rings is 1. The van der Waals surface area contributed by atoms with Gasteiger partial charge in [0.1, 0.15) is 5.82 Å². The van der Waals surface area contributed by atoms with Crippen molar-refractivity contribution >= 4 is 11.7 Å². The van der Waals surface area contributed by atoms with Crippen molar-refractivity contribution in [2.24, 2.45) is 7.05 Å². The van der Waals surface area contributed by atoms with E-state index >= 15 is 0 Å². The van der Waals surface area contributed by atoms with Crippen LogP contribution in [0.3, 0.4) is 0 Å². The van der Waals surface area contributed by atoms with E-state index in [1.165, 1.54) is 5.69 Å². The molecule has 0 spiro atoms. The third-order valence-electron chi connectivity index (χ3n) is 4.44. The van der Waals surface area contributed by atoms with Gasteiger partial charge in [0, 0.05) is 45.1 Å². The van der Waals surface area contributed by atoms with Crippen LogP contribution in [-0.2, 0) is 11.8 Å². The fraction of sp³-hybridized carbons (Fsp3) is 0.412. The minimum Gasteiger partial charge on any atom is -0.480 e. The maximum absolute atomic E-state index is 11.8. The minimum absolute atomic E-state index is 0.616. The smallest absolute Gasteiger partial charge is 0.327 e. The van der Waals surface area contributed by atoms with E-state index in [0.29, 0.717) is 18.8 Å². The molecule has 1 fully saturated rings. The number of carboxylic acids is 1. The molecule has 1 unspecified atom stereocenters. The Hall–Kier alpha value is -2.34. The summed E-state index contributed by atoms with van der Waals surface area (Å²) in [6.45, 7) is 4.94. The molecule has 0 bridgehead atoms. The van der Waals surface area contributed by atoms with Gasteiger partial charge in [-0.15, -0.1) is 0 Å². The van der Waals surface area contributed by atoms with E-state index in [1.807, 2.05) is 47.8 Å². The normalized spacial score (nSPS) is 17.2. The molecule has 0 amide bonds. The Labute approximate surface area is 136 Å². The summed E-state index contributed by atoms with van der Waals surface area (Å²) in [6.07, 6.45) is 1.82. The molecule has 1 aromatic carbocycles. The van der Waals surface area contributed by atoms with E-state index in [-0.39, 0.29) is 0 Å². The van der Waals surface area contributed by atoms with Crippen LogP contribution in [0, 0.1) is 6.92 Å². The highest BCUT2D eigenvalue weighted by Crippen LogP contribution is 2.24. The number of carboxylic acid groups (broad SMARTS) is 1. The highest BCUT2D eigenvalue weighted by molar-refractivity contribution is 5.75. The largest absolute Gasteiger partial charge is 0.480 e. The van der Waals surface area contributed by atoms with Crippen molar-refractivity contribution in [3.8, 4) is 0 Å². The maximum Gasteiger partial charge on any atom is 0.327 e. The van der Waals surface area contributed by atoms with Crippen molar-refractivity contribution in [2.45, 2.75) is 13.0 Å². The lowest BCUT2D eigenvalue weighted by Crippen LogP contribution is -2.49. The molecule has 6 nitrogen and oxygen atoms in total. The van der Waals surface area contributed by atoms with E-state index in [1.54, 1.807) is 0 Å². The second-order valence-corrected chi connectivity index (χ2v) is 5.92. The van der Waals surface area contributed by atoms with Crippen LogP contribution in [0.4, 0.5) is 5.69 Å². The molecule has 2 heterocycles. The van der Waals surface area contributed by atoms with Gasteiger partial charge in [0.15, 0.2) is 6.04 Å². The summed E-state index contributed by atoms with van der Waals surface area (Å²) >= 11 is 0. The van der Waals surface area contributed by atoms with Gasteiger partial charge in [-0.2, -0.15) is 0 Å². The monoisotopic (exact) mass is 314 g/mol. The van der Waals surface area contributed by atoms with Gasteiger partial charge >= 0.3 is 5.97 Å². The molecule has 1 aromatic heterocycles. The number of carbonyl (C=O) groups is 1. The van der Waals surface area contributed by atoms with Crippen LogP contribution in [0.25, 0.3) is 0 Å². The molecule has 6 heteroatoms. The first kappa shape index (κ1) is 15.6. The molecule has 3 rings (SSSR count). The van der Waals surface area contributed by atoms with E-state index < -0.39 is 12.0 Å². The zero-order valence-electron chi connectivity index (χ0n) is 13.5. The molecule has 1 aliphatic heterocycles. The summed E-state index contributed by atoms with van der Waals surface area (Å²) in [5.41, 5.74) is 1.80. The van der Waals surface area contributed by atoms with Gasteiger partial charge in [0.2, 0.25) is 0 Å². The van der Waals surface area contributed by atoms with Crippen molar-refractivity contribution in [3.63, 3.8) is 0 Å². The summed E-state index contributed by atoms with van der Waals surface area (Å²) in [7, 11) is 1.89. The number of nitrogens with zero attached hydrogens (tertiary/aromatic N) is 4. The second kappa shape index (κ2) is 6.42. The third-order valence-corrected chi connectivity index (χ3v) is 4.44. The number of hydrogen-bond acceptors (Lipinski definition) is 4. The topological polar surface area (TPSA) is 61.6 Å². The maximum atomic E-state index is 11.8. The number of hydrogen-bond donors (Lipinski definition) is 1. The molecule has 0 aliphatic carbocycles. The number of aliphatic carboxylic acids is 1. The summed E-state index contributed by atoms with van der Waals surface area (Å²) in [5.74, 6) is -0.00886. The Morgan fingerprint density at radius 2 is 1.83 bits per heavy atom. The standard InChI is InChI=1S/C17H22N4O2/c1-13-18-15(12-19(13)2)16(17(22)23)21-10-8-20(9-11-21)14-6-4-3-5-7-14/h3-7,12,16H,8-11H2,1-2H3,(H,22,23). The van der Waals surface area contributed by atoms with Crippen molar-refractivity contribution in [1.29, 1.82) is 0 Å². The van der Waals surface area contributed by atoms with E-state index in [4.69, 9.17) is 0 Å². The Bertz CT molecular complexity index is 656. The molecular weight excluding hydrogens is 292 g/mol. The van der Waals surface area contributed by atoms with Crippen LogP contribution in [0.1, 0.15) is 17.6 Å². The lowest BCUT2D eigenvalue weighted by Gasteiger charge is -2.38. The van der Waals surface area contributed by atoms with Crippen molar-refractivity contribution in [2.75, 3.05) is 31.1 Å². The van der Waals surface area contributed by atoms with Crippen LogP contribution in [-0.4, -0.2) is 51.7 Å². The van der Waals surface area contributed by atoms with E-state index in [2.05, 4.69) is 22.0 Å². The molecule has 1 N–H and O–H groups in total. The summed E-state index contributed by atoms with van der Waals surface area (Å²) in [4.78, 5) is 20.5. The highest BCUT2D eigenvalue weighted by atomic mass is 16.4. The summed E-state index contributed by atoms with van der Waals surface area (Å²) in [6, 6.07) is 9.56. The second-order valence-electron chi connectivity index (χ2n) is 5.92. The van der Waals surface area contributed by atoms with Crippen LogP contribution in [0.5, 0.6) is 0 Å². The van der Waals surface area contributed by atoms with E-state index in [0.717, 1.165) is 18.9 Å². The fourth-order valence-electron chi connectivity index (χ4n) is 3.07. The Kier molecular flexibility index (Phi) is 4.34. The predicted octanol–water partition coefficient (Wildman–Crippen LogP) is 1.68. The molecule has 2 aromatic rings. The van der Waals surface area contributed by atoms with Gasteiger partial charge in [-0.05, 0) is 19.1 Å². The first-order chi connectivity index (χ1) is 11.1. The van der Waals surface area contributed by atoms with Crippen LogP contribution in [0.2, 0.25) is 0 Å². The number of para-hydroxylation sites is 1. The number of anilines is 1. The number of rotatable bonds is 4. The van der Waals surface area contributed by atoms with Crippen molar-refractivity contribution in [3.05, 3.63) is 48.0 Å². The first-order valence-corrected chi connectivity index (χ1v) is 7.83. The molecule has 0 radical (unpaired) electrons. The number of aryl methyl sites for hydroxylation is 2. The Morgan fingerprint density at radius 3 is 2.35 bits per heavy atom. The summed E-state index contributed by atoms with van der Waals surface area (Å²) in [5, 5.41) is 9.66. The molecule has 0 saturated carbocycles. The zero-order chi connectivity index (χ0) is 16.4. The van der Waals surface area contributed by atoms with Gasteiger partial charge in [-0.1, -0.05) is 18.2 Å². The van der Waals surface area contributed by atoms with Gasteiger partial charge in [-0.25, -0.2) is 4.98 Å². The SMILES string of the molecule is Cc1nc(C(C(=O)O)N2CCN(c3ccccc3)CC2)cn1C. The fourth-order valence-corrected chi connectivity index (χ4v) is 3.07. The van der Waals surface area contributed by atoms with Gasteiger partial charge < -0.3 is 14.6 Å². The van der Waals surface area contributed by atoms with E-state index in [9.17, 15) is 9.90 Å². The highest BCUT2D eigenvalue weighted by Gasteiger charge is 2.32. The van der Waals surface area contributed by atoms with Crippen LogP contribution < -0.4 is 4.90 Å². The summed E-state index contributed by atoms with van der Waals surface area (Å²) < 4.78 is 1.87.